The average molecular weight is 340 g/mol. The molecule has 2 fully saturated rings. The van der Waals surface area contributed by atoms with E-state index in [0.29, 0.717) is 9.89 Å². The summed E-state index contributed by atoms with van der Waals surface area (Å²) in [5.74, 6) is -0.150. The molecule has 2 aliphatic rings. The summed E-state index contributed by atoms with van der Waals surface area (Å²) in [4.78, 5) is 2.49. The Bertz CT molecular complexity index is 458. The van der Waals surface area contributed by atoms with Crippen molar-refractivity contribution >= 4 is 15.9 Å². The molecule has 1 saturated heterocycles. The lowest BCUT2D eigenvalue weighted by Crippen LogP contribution is -2.40. The van der Waals surface area contributed by atoms with Crippen LogP contribution in [-0.4, -0.2) is 18.0 Å². The van der Waals surface area contributed by atoms with Gasteiger partial charge in [-0.2, -0.15) is 0 Å². The molecule has 0 N–H and O–H groups in total. The number of hydrogen-bond donors (Lipinski definition) is 0. The summed E-state index contributed by atoms with van der Waals surface area (Å²) in [7, 11) is 0. The zero-order valence-corrected chi connectivity index (χ0v) is 13.6. The lowest BCUT2D eigenvalue weighted by Gasteiger charge is -2.44. The standard InChI is InChI=1S/C17H23BrFN/c18-16-14(5-4-6-15(16)19)13-20-11-9-17(10-12-20)7-2-1-3-8-17/h4-6H,1-3,7-13H2. The van der Waals surface area contributed by atoms with E-state index in [1.807, 2.05) is 12.1 Å². The molecule has 0 amide bonds. The molecule has 1 aliphatic heterocycles. The maximum absolute atomic E-state index is 13.6. The van der Waals surface area contributed by atoms with E-state index >= 15 is 0 Å². The second-order valence-corrected chi connectivity index (χ2v) is 7.34. The number of likely N-dealkylation sites (tertiary alicyclic amines) is 1. The van der Waals surface area contributed by atoms with Gasteiger partial charge >= 0.3 is 0 Å². The predicted octanol–water partition coefficient (Wildman–Crippen LogP) is 5.13. The lowest BCUT2D eigenvalue weighted by atomic mass is 9.68. The van der Waals surface area contributed by atoms with Crippen LogP contribution in [0, 0.1) is 11.2 Å². The van der Waals surface area contributed by atoms with E-state index in [9.17, 15) is 4.39 Å². The third kappa shape index (κ3) is 3.09. The molecule has 0 radical (unpaired) electrons. The van der Waals surface area contributed by atoms with Gasteiger partial charge in [0.2, 0.25) is 0 Å². The van der Waals surface area contributed by atoms with Gasteiger partial charge in [-0.3, -0.25) is 4.90 Å². The first-order chi connectivity index (χ1) is 9.69. The number of piperidine rings is 1. The van der Waals surface area contributed by atoms with Crippen LogP contribution in [0.3, 0.4) is 0 Å². The van der Waals surface area contributed by atoms with Gasteiger partial charge in [0.05, 0.1) is 4.47 Å². The fourth-order valence-corrected chi connectivity index (χ4v) is 4.29. The van der Waals surface area contributed by atoms with E-state index in [1.54, 1.807) is 0 Å². The maximum atomic E-state index is 13.6. The minimum absolute atomic E-state index is 0.150. The largest absolute Gasteiger partial charge is 0.299 e. The zero-order chi connectivity index (χ0) is 14.0. The van der Waals surface area contributed by atoms with E-state index in [2.05, 4.69) is 20.8 Å². The fraction of sp³-hybridized carbons (Fsp3) is 0.647. The van der Waals surface area contributed by atoms with Crippen LogP contribution in [0.5, 0.6) is 0 Å². The van der Waals surface area contributed by atoms with Crippen LogP contribution in [0.25, 0.3) is 0 Å². The smallest absolute Gasteiger partial charge is 0.137 e. The van der Waals surface area contributed by atoms with Gasteiger partial charge in [0.25, 0.3) is 0 Å². The predicted molar refractivity (Wildman–Crippen MR) is 84.1 cm³/mol. The van der Waals surface area contributed by atoms with Crippen molar-refractivity contribution in [2.75, 3.05) is 13.1 Å². The molecular formula is C17H23BrFN. The molecule has 0 aromatic heterocycles. The number of benzene rings is 1. The van der Waals surface area contributed by atoms with E-state index < -0.39 is 0 Å². The number of nitrogens with zero attached hydrogens (tertiary/aromatic N) is 1. The van der Waals surface area contributed by atoms with Gasteiger partial charge in [0.1, 0.15) is 5.82 Å². The van der Waals surface area contributed by atoms with Crippen LogP contribution in [0.1, 0.15) is 50.5 Å². The molecular weight excluding hydrogens is 317 g/mol. The Kier molecular flexibility index (Phi) is 4.46. The summed E-state index contributed by atoms with van der Waals surface area (Å²) in [6.45, 7) is 3.21. The van der Waals surface area contributed by atoms with Crippen molar-refractivity contribution in [3.8, 4) is 0 Å². The number of rotatable bonds is 2. The van der Waals surface area contributed by atoms with E-state index in [-0.39, 0.29) is 5.82 Å². The van der Waals surface area contributed by atoms with Crippen LogP contribution in [-0.2, 0) is 6.54 Å². The number of hydrogen-bond acceptors (Lipinski definition) is 1. The third-order valence-electron chi connectivity index (χ3n) is 5.26. The second-order valence-electron chi connectivity index (χ2n) is 6.55. The molecule has 110 valence electrons. The Hall–Kier alpha value is -0.410. The Morgan fingerprint density at radius 2 is 1.75 bits per heavy atom. The van der Waals surface area contributed by atoms with Crippen LogP contribution < -0.4 is 0 Å². The highest BCUT2D eigenvalue weighted by molar-refractivity contribution is 9.10. The Balaban J connectivity index is 1.60. The Morgan fingerprint density at radius 3 is 2.45 bits per heavy atom. The second kappa shape index (κ2) is 6.15. The summed E-state index contributed by atoms with van der Waals surface area (Å²) in [6, 6.07) is 5.35. The molecule has 3 rings (SSSR count). The molecule has 1 nitrogen and oxygen atoms in total. The highest BCUT2D eigenvalue weighted by Gasteiger charge is 2.35. The van der Waals surface area contributed by atoms with Gasteiger partial charge in [-0.05, 0) is 71.7 Å². The van der Waals surface area contributed by atoms with Crippen LogP contribution in [0.4, 0.5) is 4.39 Å². The molecule has 1 aliphatic carbocycles. The number of halogens is 2. The van der Waals surface area contributed by atoms with Gasteiger partial charge < -0.3 is 0 Å². The molecule has 3 heteroatoms. The van der Waals surface area contributed by atoms with Crippen molar-refractivity contribution < 1.29 is 4.39 Å². The van der Waals surface area contributed by atoms with Gasteiger partial charge in [-0.25, -0.2) is 4.39 Å². The van der Waals surface area contributed by atoms with Crippen molar-refractivity contribution in [2.24, 2.45) is 5.41 Å². The Morgan fingerprint density at radius 1 is 1.05 bits per heavy atom. The highest BCUT2D eigenvalue weighted by atomic mass is 79.9. The first kappa shape index (κ1) is 14.5. The summed E-state index contributed by atoms with van der Waals surface area (Å²) in [5, 5.41) is 0. The SMILES string of the molecule is Fc1cccc(CN2CCC3(CCCCC3)CC2)c1Br. The molecule has 0 unspecified atom stereocenters. The van der Waals surface area contributed by atoms with Gasteiger partial charge in [-0.1, -0.05) is 31.4 Å². The average Bonchev–Trinajstić information content (AvgIpc) is 2.47. The summed E-state index contributed by atoms with van der Waals surface area (Å²) >= 11 is 3.38. The van der Waals surface area contributed by atoms with Crippen molar-refractivity contribution in [1.29, 1.82) is 0 Å². The molecule has 1 heterocycles. The van der Waals surface area contributed by atoms with E-state index in [4.69, 9.17) is 0 Å². The topological polar surface area (TPSA) is 3.24 Å². The molecule has 1 aromatic carbocycles. The van der Waals surface area contributed by atoms with Crippen molar-refractivity contribution in [1.82, 2.24) is 4.90 Å². The monoisotopic (exact) mass is 339 g/mol. The van der Waals surface area contributed by atoms with Crippen LogP contribution in [0.2, 0.25) is 0 Å². The molecule has 1 saturated carbocycles. The highest BCUT2D eigenvalue weighted by Crippen LogP contribution is 2.44. The maximum Gasteiger partial charge on any atom is 0.137 e. The minimum atomic E-state index is -0.150. The molecule has 1 aromatic rings. The molecule has 0 bridgehead atoms. The van der Waals surface area contributed by atoms with Crippen molar-refractivity contribution in [3.05, 3.63) is 34.1 Å². The third-order valence-corrected chi connectivity index (χ3v) is 6.14. The Labute approximate surface area is 129 Å². The van der Waals surface area contributed by atoms with Crippen LogP contribution in [0.15, 0.2) is 22.7 Å². The van der Waals surface area contributed by atoms with E-state index in [0.717, 1.165) is 12.1 Å². The zero-order valence-electron chi connectivity index (χ0n) is 12.0. The summed E-state index contributed by atoms with van der Waals surface area (Å²) < 4.78 is 14.2. The summed E-state index contributed by atoms with van der Waals surface area (Å²) in [6.07, 6.45) is 9.82. The van der Waals surface area contributed by atoms with Crippen molar-refractivity contribution in [2.45, 2.75) is 51.5 Å². The van der Waals surface area contributed by atoms with E-state index in [1.165, 1.54) is 64.1 Å². The summed E-state index contributed by atoms with van der Waals surface area (Å²) in [5.41, 5.74) is 1.72. The van der Waals surface area contributed by atoms with Crippen LogP contribution >= 0.6 is 15.9 Å². The minimum Gasteiger partial charge on any atom is -0.299 e. The first-order valence-electron chi connectivity index (χ1n) is 7.84. The fourth-order valence-electron chi connectivity index (χ4n) is 3.90. The van der Waals surface area contributed by atoms with Gasteiger partial charge in [0, 0.05) is 6.54 Å². The van der Waals surface area contributed by atoms with Crippen molar-refractivity contribution in [3.63, 3.8) is 0 Å². The molecule has 0 atom stereocenters. The normalized spacial score (nSPS) is 23.1. The van der Waals surface area contributed by atoms with Gasteiger partial charge in [-0.15, -0.1) is 0 Å². The molecule has 1 spiro atoms. The first-order valence-corrected chi connectivity index (χ1v) is 8.63. The molecule has 20 heavy (non-hydrogen) atoms. The van der Waals surface area contributed by atoms with Gasteiger partial charge in [0.15, 0.2) is 0 Å². The quantitative estimate of drug-likeness (QED) is 0.721. The lowest BCUT2D eigenvalue weighted by molar-refractivity contribution is 0.0640.